The van der Waals surface area contributed by atoms with Gasteiger partial charge in [0.15, 0.2) is 5.79 Å². The Morgan fingerprint density at radius 1 is 1.15 bits per heavy atom. The predicted molar refractivity (Wildman–Crippen MR) is 46.1 cm³/mol. The lowest BCUT2D eigenvalue weighted by Crippen LogP contribution is -2.49. The SMILES string of the molecule is OC[C@]12CC[C@H]1C1(CC2)OCCO1. The zero-order valence-electron chi connectivity index (χ0n) is 7.79. The molecule has 0 bridgehead atoms. The lowest BCUT2D eigenvalue weighted by molar-refractivity contribution is -0.220. The average Bonchev–Trinajstić information content (AvgIpc) is 2.60. The van der Waals surface area contributed by atoms with Crippen molar-refractivity contribution in [2.24, 2.45) is 11.3 Å². The lowest BCUT2D eigenvalue weighted by atomic mass is 9.61. The van der Waals surface area contributed by atoms with Gasteiger partial charge in [-0.15, -0.1) is 0 Å². The van der Waals surface area contributed by atoms with Gasteiger partial charge < -0.3 is 14.6 Å². The van der Waals surface area contributed by atoms with Gasteiger partial charge in [-0.1, -0.05) is 0 Å². The van der Waals surface area contributed by atoms with Gasteiger partial charge in [-0.25, -0.2) is 0 Å². The largest absolute Gasteiger partial charge is 0.396 e. The van der Waals surface area contributed by atoms with Gasteiger partial charge in [0.05, 0.1) is 13.2 Å². The molecule has 2 saturated carbocycles. The summed E-state index contributed by atoms with van der Waals surface area (Å²) in [7, 11) is 0. The van der Waals surface area contributed by atoms with Crippen LogP contribution in [0, 0.1) is 11.3 Å². The highest BCUT2D eigenvalue weighted by atomic mass is 16.7. The van der Waals surface area contributed by atoms with E-state index in [2.05, 4.69) is 0 Å². The molecule has 3 rings (SSSR count). The molecule has 0 amide bonds. The second-order valence-electron chi connectivity index (χ2n) is 4.62. The van der Waals surface area contributed by atoms with Gasteiger partial charge in [-0.2, -0.15) is 0 Å². The Kier molecular flexibility index (Phi) is 1.56. The molecule has 0 aromatic rings. The summed E-state index contributed by atoms with van der Waals surface area (Å²) < 4.78 is 11.5. The molecule has 1 N–H and O–H groups in total. The smallest absolute Gasteiger partial charge is 0.171 e. The number of aliphatic hydroxyl groups is 1. The van der Waals surface area contributed by atoms with Crippen molar-refractivity contribution in [2.45, 2.75) is 31.5 Å². The average molecular weight is 184 g/mol. The van der Waals surface area contributed by atoms with E-state index in [0.717, 1.165) is 32.5 Å². The van der Waals surface area contributed by atoms with Crippen molar-refractivity contribution in [3.63, 3.8) is 0 Å². The molecule has 3 fully saturated rings. The van der Waals surface area contributed by atoms with E-state index in [0.29, 0.717) is 12.5 Å². The quantitative estimate of drug-likeness (QED) is 0.658. The molecule has 0 aromatic heterocycles. The Bertz CT molecular complexity index is 218. The normalized spacial score (nSPS) is 46.4. The Morgan fingerprint density at radius 3 is 2.38 bits per heavy atom. The van der Waals surface area contributed by atoms with E-state index in [9.17, 15) is 5.11 Å². The Hall–Kier alpha value is -0.120. The van der Waals surface area contributed by atoms with Gasteiger partial charge in [0.1, 0.15) is 0 Å². The molecular formula is C10H16O3. The van der Waals surface area contributed by atoms with E-state index in [-0.39, 0.29) is 11.2 Å². The summed E-state index contributed by atoms with van der Waals surface area (Å²) >= 11 is 0. The maximum Gasteiger partial charge on any atom is 0.171 e. The van der Waals surface area contributed by atoms with Gasteiger partial charge in [-0.3, -0.25) is 0 Å². The highest BCUT2D eigenvalue weighted by Gasteiger charge is 2.64. The first-order chi connectivity index (χ1) is 6.31. The summed E-state index contributed by atoms with van der Waals surface area (Å²) in [5.41, 5.74) is 0.157. The minimum absolute atomic E-state index is 0.157. The van der Waals surface area contributed by atoms with Crippen LogP contribution in [0.15, 0.2) is 0 Å². The number of fused-ring (bicyclic) bond motifs is 2. The fourth-order valence-electron chi connectivity index (χ4n) is 3.36. The summed E-state index contributed by atoms with van der Waals surface area (Å²) in [5.74, 6) is 0.175. The topological polar surface area (TPSA) is 38.7 Å². The molecule has 1 heterocycles. The second kappa shape index (κ2) is 2.47. The molecule has 0 aromatic carbocycles. The van der Waals surface area contributed by atoms with Gasteiger partial charge in [-0.05, 0) is 19.3 Å². The van der Waals surface area contributed by atoms with Gasteiger partial charge >= 0.3 is 0 Å². The molecule has 0 unspecified atom stereocenters. The zero-order chi connectivity index (χ0) is 8.94. The molecule has 1 aliphatic heterocycles. The van der Waals surface area contributed by atoms with E-state index in [4.69, 9.17) is 9.47 Å². The predicted octanol–water partition coefficient (Wildman–Crippen LogP) is 0.912. The maximum absolute atomic E-state index is 9.38. The molecule has 2 aliphatic carbocycles. The number of rotatable bonds is 1. The first-order valence-corrected chi connectivity index (χ1v) is 5.20. The third-order valence-electron chi connectivity index (χ3n) is 4.26. The van der Waals surface area contributed by atoms with Crippen molar-refractivity contribution in [1.29, 1.82) is 0 Å². The first kappa shape index (κ1) is 8.21. The summed E-state index contributed by atoms with van der Waals surface area (Å²) in [6.07, 6.45) is 4.38. The van der Waals surface area contributed by atoms with Crippen LogP contribution in [-0.4, -0.2) is 30.7 Å². The number of hydrogen-bond acceptors (Lipinski definition) is 3. The first-order valence-electron chi connectivity index (χ1n) is 5.20. The fraction of sp³-hybridized carbons (Fsp3) is 1.00. The molecule has 1 spiro atoms. The molecule has 0 radical (unpaired) electrons. The molecular weight excluding hydrogens is 168 g/mol. The standard InChI is InChI=1S/C10H16O3/c11-7-9-2-1-8(9)10(4-3-9)12-5-6-13-10/h8,11H,1-7H2/t8-,9-/m1/s1. The van der Waals surface area contributed by atoms with E-state index >= 15 is 0 Å². The van der Waals surface area contributed by atoms with Crippen LogP contribution in [0.2, 0.25) is 0 Å². The van der Waals surface area contributed by atoms with E-state index < -0.39 is 0 Å². The summed E-state index contributed by atoms with van der Waals surface area (Å²) in [4.78, 5) is 0. The van der Waals surface area contributed by atoms with E-state index in [1.807, 2.05) is 0 Å². The van der Waals surface area contributed by atoms with Crippen LogP contribution < -0.4 is 0 Å². The summed E-state index contributed by atoms with van der Waals surface area (Å²) in [5, 5.41) is 9.38. The summed E-state index contributed by atoms with van der Waals surface area (Å²) in [6.45, 7) is 1.78. The van der Waals surface area contributed by atoms with Gasteiger partial charge in [0.25, 0.3) is 0 Å². The molecule has 3 aliphatic rings. The Balaban J connectivity index is 1.87. The highest BCUT2D eigenvalue weighted by Crippen LogP contribution is 2.63. The zero-order valence-corrected chi connectivity index (χ0v) is 7.79. The lowest BCUT2D eigenvalue weighted by Gasteiger charge is -2.47. The van der Waals surface area contributed by atoms with Crippen molar-refractivity contribution < 1.29 is 14.6 Å². The van der Waals surface area contributed by atoms with Gasteiger partial charge in [0, 0.05) is 24.4 Å². The Morgan fingerprint density at radius 2 is 1.92 bits per heavy atom. The van der Waals surface area contributed by atoms with Crippen molar-refractivity contribution in [2.75, 3.05) is 19.8 Å². The maximum atomic E-state index is 9.38. The minimum atomic E-state index is -0.291. The summed E-state index contributed by atoms with van der Waals surface area (Å²) in [6, 6.07) is 0. The number of ether oxygens (including phenoxy) is 2. The van der Waals surface area contributed by atoms with Crippen molar-refractivity contribution >= 4 is 0 Å². The Labute approximate surface area is 78.0 Å². The molecule has 74 valence electrons. The number of hydrogen-bond donors (Lipinski definition) is 1. The highest BCUT2D eigenvalue weighted by molar-refractivity contribution is 5.09. The molecule has 13 heavy (non-hydrogen) atoms. The minimum Gasteiger partial charge on any atom is -0.396 e. The fourth-order valence-corrected chi connectivity index (χ4v) is 3.36. The monoisotopic (exact) mass is 184 g/mol. The van der Waals surface area contributed by atoms with Crippen molar-refractivity contribution in [3.05, 3.63) is 0 Å². The van der Waals surface area contributed by atoms with Crippen LogP contribution in [0.3, 0.4) is 0 Å². The van der Waals surface area contributed by atoms with E-state index in [1.165, 1.54) is 6.42 Å². The third-order valence-corrected chi connectivity index (χ3v) is 4.26. The number of aliphatic hydroxyl groups excluding tert-OH is 1. The molecule has 1 saturated heterocycles. The van der Waals surface area contributed by atoms with Crippen LogP contribution in [0.4, 0.5) is 0 Å². The third kappa shape index (κ3) is 0.853. The van der Waals surface area contributed by atoms with E-state index in [1.54, 1.807) is 0 Å². The van der Waals surface area contributed by atoms with Crippen molar-refractivity contribution in [3.8, 4) is 0 Å². The second-order valence-corrected chi connectivity index (χ2v) is 4.62. The molecule has 3 nitrogen and oxygen atoms in total. The molecule has 2 atom stereocenters. The van der Waals surface area contributed by atoms with Crippen LogP contribution >= 0.6 is 0 Å². The van der Waals surface area contributed by atoms with Crippen LogP contribution in [0.25, 0.3) is 0 Å². The van der Waals surface area contributed by atoms with Crippen molar-refractivity contribution in [1.82, 2.24) is 0 Å². The van der Waals surface area contributed by atoms with Crippen LogP contribution in [0.1, 0.15) is 25.7 Å². The van der Waals surface area contributed by atoms with Gasteiger partial charge in [0.2, 0.25) is 0 Å². The molecule has 3 heteroatoms. The van der Waals surface area contributed by atoms with Crippen LogP contribution in [-0.2, 0) is 9.47 Å². The van der Waals surface area contributed by atoms with Crippen LogP contribution in [0.5, 0.6) is 0 Å².